The minimum atomic E-state index is -0.480. The summed E-state index contributed by atoms with van der Waals surface area (Å²) < 4.78 is 21.8. The Bertz CT molecular complexity index is 1090. The maximum atomic E-state index is 12.7. The standard InChI is InChI=1S/C32H45N3O8S/c36-29(15-18-35-30(37)25-28(31(35)38)44-27-13-9-5-2-6-10-14-27)33-16-19-40-21-23-42-24-22-41-20-17-34-32(39)43-26-11-7-3-1-4-8-12-26/h1-3,5-6,9-10,13-14,26,28H,4,7-8,11-12,15-25H2,(H,33,36)(H,34,39)/b3-1+,5-2-,6-2?,9-5?,10-6-,13-9?,14-10?,27-13?,27-14?. The molecule has 2 aliphatic carbocycles. The number of rotatable bonds is 18. The Balaban J connectivity index is 1.11. The van der Waals surface area contributed by atoms with Gasteiger partial charge in [-0.3, -0.25) is 19.3 Å². The molecule has 0 aromatic rings. The van der Waals surface area contributed by atoms with Crippen molar-refractivity contribution in [2.24, 2.45) is 0 Å². The van der Waals surface area contributed by atoms with Crippen molar-refractivity contribution < 1.29 is 38.1 Å². The third kappa shape index (κ3) is 14.5. The molecule has 12 heteroatoms. The van der Waals surface area contributed by atoms with E-state index in [0.717, 1.165) is 37.0 Å². The zero-order valence-corrected chi connectivity index (χ0v) is 26.1. The molecule has 2 N–H and O–H groups in total. The SMILES string of the molecule is O=C(CCN1C(=O)CC(SC2=C/C=C\C=C/C=C2)C1=O)NCCOCCOCCOCCNC(=O)OC1CC/C=C/CCC1. The van der Waals surface area contributed by atoms with Crippen molar-refractivity contribution in [3.63, 3.8) is 0 Å². The Hall–Kier alpha value is -3.19. The highest BCUT2D eigenvalue weighted by Gasteiger charge is 2.39. The average Bonchev–Trinajstić information content (AvgIpc) is 3.24. The van der Waals surface area contributed by atoms with Gasteiger partial charge in [0.15, 0.2) is 0 Å². The lowest BCUT2D eigenvalue weighted by atomic mass is 10.0. The minimum absolute atomic E-state index is 0.0298. The number of ether oxygens (including phenoxy) is 4. The van der Waals surface area contributed by atoms with Gasteiger partial charge in [0.2, 0.25) is 17.7 Å². The lowest BCUT2D eigenvalue weighted by molar-refractivity contribution is -0.138. The van der Waals surface area contributed by atoms with Crippen LogP contribution in [0.1, 0.15) is 44.9 Å². The van der Waals surface area contributed by atoms with Crippen molar-refractivity contribution in [1.29, 1.82) is 0 Å². The van der Waals surface area contributed by atoms with Gasteiger partial charge in [0.25, 0.3) is 0 Å². The second-order valence-electron chi connectivity index (χ2n) is 10.3. The van der Waals surface area contributed by atoms with Crippen molar-refractivity contribution in [3.05, 3.63) is 59.6 Å². The molecule has 1 aliphatic heterocycles. The fraction of sp³-hybridized carbons (Fsp3) is 0.562. The molecule has 1 heterocycles. The second kappa shape index (κ2) is 21.5. The van der Waals surface area contributed by atoms with Crippen LogP contribution in [0.2, 0.25) is 0 Å². The first-order chi connectivity index (χ1) is 21.5. The molecule has 0 spiro atoms. The fourth-order valence-corrected chi connectivity index (χ4v) is 5.64. The summed E-state index contributed by atoms with van der Waals surface area (Å²) in [6.45, 7) is 2.99. The number of carbonyl (C=O) groups is 4. The topological polar surface area (TPSA) is 132 Å². The van der Waals surface area contributed by atoms with Gasteiger partial charge in [-0.15, -0.1) is 11.8 Å². The predicted molar refractivity (Wildman–Crippen MR) is 169 cm³/mol. The van der Waals surface area contributed by atoms with E-state index >= 15 is 0 Å². The molecule has 0 saturated carbocycles. The largest absolute Gasteiger partial charge is 0.446 e. The highest BCUT2D eigenvalue weighted by Crippen LogP contribution is 2.32. The summed E-state index contributed by atoms with van der Waals surface area (Å²) in [6.07, 6.45) is 22.1. The summed E-state index contributed by atoms with van der Waals surface area (Å²) in [4.78, 5) is 51.3. The van der Waals surface area contributed by atoms with Crippen LogP contribution >= 0.6 is 11.8 Å². The zero-order valence-electron chi connectivity index (χ0n) is 25.3. The minimum Gasteiger partial charge on any atom is -0.446 e. The molecular formula is C32H45N3O8S. The van der Waals surface area contributed by atoms with Gasteiger partial charge in [-0.1, -0.05) is 42.5 Å². The second-order valence-corrected chi connectivity index (χ2v) is 11.5. The maximum Gasteiger partial charge on any atom is 0.407 e. The molecule has 44 heavy (non-hydrogen) atoms. The summed E-state index contributed by atoms with van der Waals surface area (Å²) in [7, 11) is 0. The maximum absolute atomic E-state index is 12.7. The normalized spacial score (nSPS) is 22.3. The van der Waals surface area contributed by atoms with Crippen molar-refractivity contribution in [3.8, 4) is 0 Å². The van der Waals surface area contributed by atoms with E-state index in [1.807, 2.05) is 42.5 Å². The van der Waals surface area contributed by atoms with E-state index in [-0.39, 0.29) is 43.2 Å². The molecule has 3 rings (SSSR count). The number of hydrogen-bond donors (Lipinski definition) is 2. The highest BCUT2D eigenvalue weighted by molar-refractivity contribution is 8.04. The Morgan fingerprint density at radius 2 is 1.52 bits per heavy atom. The van der Waals surface area contributed by atoms with Crippen LogP contribution in [0.4, 0.5) is 4.79 Å². The Labute approximate surface area is 264 Å². The molecule has 0 bridgehead atoms. The smallest absolute Gasteiger partial charge is 0.407 e. The predicted octanol–water partition coefficient (Wildman–Crippen LogP) is 3.58. The van der Waals surface area contributed by atoms with Crippen LogP contribution in [0.25, 0.3) is 0 Å². The molecule has 4 amide bonds. The summed E-state index contributed by atoms with van der Waals surface area (Å²) in [6, 6.07) is 0. The van der Waals surface area contributed by atoms with Gasteiger partial charge < -0.3 is 29.6 Å². The summed E-state index contributed by atoms with van der Waals surface area (Å²) in [5, 5.41) is 4.97. The monoisotopic (exact) mass is 631 g/mol. The molecule has 1 saturated heterocycles. The third-order valence-corrected chi connectivity index (χ3v) is 8.03. The summed E-state index contributed by atoms with van der Waals surface area (Å²) in [5.41, 5.74) is 0. The van der Waals surface area contributed by atoms with E-state index in [2.05, 4.69) is 22.8 Å². The first-order valence-corrected chi connectivity index (χ1v) is 16.2. The van der Waals surface area contributed by atoms with Gasteiger partial charge in [-0.2, -0.15) is 0 Å². The Kier molecular flexibility index (Phi) is 17.2. The van der Waals surface area contributed by atoms with Crippen LogP contribution in [0.3, 0.4) is 0 Å². The first-order valence-electron chi connectivity index (χ1n) is 15.3. The Morgan fingerprint density at radius 1 is 0.841 bits per heavy atom. The lowest BCUT2D eigenvalue weighted by Crippen LogP contribution is -2.36. The van der Waals surface area contributed by atoms with E-state index in [4.69, 9.17) is 18.9 Å². The van der Waals surface area contributed by atoms with Gasteiger partial charge in [0.1, 0.15) is 6.10 Å². The van der Waals surface area contributed by atoms with Gasteiger partial charge in [-0.05, 0) is 44.3 Å². The van der Waals surface area contributed by atoms with Crippen LogP contribution in [0.15, 0.2) is 59.6 Å². The van der Waals surface area contributed by atoms with E-state index in [0.29, 0.717) is 52.7 Å². The van der Waals surface area contributed by atoms with Crippen LogP contribution in [-0.2, 0) is 33.3 Å². The molecule has 0 radical (unpaired) electrons. The number of amides is 4. The number of hydrogen-bond acceptors (Lipinski definition) is 9. The van der Waals surface area contributed by atoms with E-state index < -0.39 is 11.3 Å². The number of likely N-dealkylation sites (tertiary alicyclic amines) is 1. The third-order valence-electron chi connectivity index (χ3n) is 6.83. The quantitative estimate of drug-likeness (QED) is 0.132. The number of alkyl carbamates (subject to hydrolysis) is 1. The van der Waals surface area contributed by atoms with Crippen molar-refractivity contribution >= 4 is 35.6 Å². The van der Waals surface area contributed by atoms with Crippen molar-refractivity contribution in [1.82, 2.24) is 15.5 Å². The molecular weight excluding hydrogens is 586 g/mol. The van der Waals surface area contributed by atoms with Crippen LogP contribution in [-0.4, -0.2) is 99.3 Å². The van der Waals surface area contributed by atoms with Gasteiger partial charge in [0, 0.05) is 37.4 Å². The molecule has 3 aliphatic rings. The van der Waals surface area contributed by atoms with E-state index in [9.17, 15) is 19.2 Å². The van der Waals surface area contributed by atoms with Gasteiger partial charge >= 0.3 is 6.09 Å². The number of nitrogens with one attached hydrogen (secondary N) is 2. The van der Waals surface area contributed by atoms with Crippen LogP contribution in [0.5, 0.6) is 0 Å². The number of nitrogens with zero attached hydrogens (tertiary/aromatic N) is 1. The van der Waals surface area contributed by atoms with Gasteiger partial charge in [0.05, 0.1) is 44.9 Å². The average molecular weight is 632 g/mol. The lowest BCUT2D eigenvalue weighted by Gasteiger charge is -2.18. The summed E-state index contributed by atoms with van der Waals surface area (Å²) >= 11 is 1.36. The molecule has 242 valence electrons. The van der Waals surface area contributed by atoms with E-state index in [1.54, 1.807) is 0 Å². The number of imide groups is 1. The number of allylic oxidation sites excluding steroid dienone is 9. The molecule has 2 atom stereocenters. The molecule has 11 nitrogen and oxygen atoms in total. The first kappa shape index (κ1) is 35.3. The highest BCUT2D eigenvalue weighted by atomic mass is 32.2. The van der Waals surface area contributed by atoms with Crippen LogP contribution in [0, 0.1) is 0 Å². The van der Waals surface area contributed by atoms with Crippen molar-refractivity contribution in [2.75, 3.05) is 59.3 Å². The molecule has 0 aromatic carbocycles. The molecule has 2 unspecified atom stereocenters. The fourth-order valence-electron chi connectivity index (χ4n) is 4.54. The molecule has 0 aromatic heterocycles. The molecule has 1 fully saturated rings. The summed E-state index contributed by atoms with van der Waals surface area (Å²) in [5.74, 6) is -0.760. The number of thioether (sulfide) groups is 1. The number of carbonyl (C=O) groups excluding carboxylic acids is 4. The van der Waals surface area contributed by atoms with Crippen molar-refractivity contribution in [2.45, 2.75) is 56.3 Å². The zero-order chi connectivity index (χ0) is 31.2. The van der Waals surface area contributed by atoms with E-state index in [1.165, 1.54) is 16.7 Å². The van der Waals surface area contributed by atoms with Crippen LogP contribution < -0.4 is 10.6 Å². The van der Waals surface area contributed by atoms with Gasteiger partial charge in [-0.25, -0.2) is 4.79 Å². The Morgan fingerprint density at radius 3 is 2.32 bits per heavy atom.